The van der Waals surface area contributed by atoms with Crippen LogP contribution in [-0.2, 0) is 9.84 Å². The number of nitrogen functional groups attached to an aromatic ring is 1. The topological polar surface area (TPSA) is 142 Å². The third-order valence-electron chi connectivity index (χ3n) is 2.19. The predicted octanol–water partition coefficient (Wildman–Crippen LogP) is -1.12. The van der Waals surface area contributed by atoms with Gasteiger partial charge in [-0.25, -0.2) is 13.4 Å². The molecule has 3 N–H and O–H groups in total. The van der Waals surface area contributed by atoms with Gasteiger partial charge in [-0.2, -0.15) is 24.7 Å². The number of rotatable bonds is 5. The lowest BCUT2D eigenvalue weighted by molar-refractivity contribution is 0.597. The zero-order valence-electron chi connectivity index (χ0n) is 10.9. The summed E-state index contributed by atoms with van der Waals surface area (Å²) in [6.45, 7) is 1.70. The number of hydrogen-bond donors (Lipinski definition) is 2. The fraction of sp³-hybridized carbons (Fsp3) is 0.444. The summed E-state index contributed by atoms with van der Waals surface area (Å²) in [6.07, 6.45) is 3.91. The fourth-order valence-electron chi connectivity index (χ4n) is 1.58. The second-order valence-corrected chi connectivity index (χ2v) is 6.48. The zero-order chi connectivity index (χ0) is 14.8. The Labute approximate surface area is 115 Å². The molecule has 0 saturated carbocycles. The maximum absolute atomic E-state index is 11.2. The molecule has 20 heavy (non-hydrogen) atoms. The highest BCUT2D eigenvalue weighted by Crippen LogP contribution is 2.07. The number of anilines is 2. The Morgan fingerprint density at radius 3 is 2.75 bits per heavy atom. The first-order chi connectivity index (χ1) is 9.33. The number of nitrogens with one attached hydrogen (secondary N) is 1. The van der Waals surface area contributed by atoms with Gasteiger partial charge in [-0.3, -0.25) is 0 Å². The van der Waals surface area contributed by atoms with Crippen LogP contribution in [0.4, 0.5) is 11.9 Å². The van der Waals surface area contributed by atoms with Gasteiger partial charge in [0.25, 0.3) is 5.95 Å². The van der Waals surface area contributed by atoms with Gasteiger partial charge in [-0.1, -0.05) is 0 Å². The molecule has 0 spiro atoms. The number of nitrogens with zero attached hydrogens (tertiary/aromatic N) is 6. The van der Waals surface area contributed by atoms with Gasteiger partial charge in [0.1, 0.15) is 22.5 Å². The number of aromatic nitrogens is 6. The van der Waals surface area contributed by atoms with E-state index in [1.54, 1.807) is 6.92 Å². The lowest BCUT2D eigenvalue weighted by atomic mass is 10.4. The van der Waals surface area contributed by atoms with Crippen LogP contribution >= 0.6 is 0 Å². The maximum Gasteiger partial charge on any atom is 0.258 e. The Bertz CT molecular complexity index is 684. The molecule has 0 saturated heterocycles. The van der Waals surface area contributed by atoms with Gasteiger partial charge in [0, 0.05) is 12.3 Å². The minimum atomic E-state index is -3.10. The van der Waals surface area contributed by atoms with E-state index in [9.17, 15) is 8.42 Å². The third kappa shape index (κ3) is 3.85. The van der Waals surface area contributed by atoms with E-state index in [1.807, 2.05) is 0 Å². The van der Waals surface area contributed by atoms with Crippen LogP contribution < -0.4 is 11.1 Å². The summed E-state index contributed by atoms with van der Waals surface area (Å²) in [4.78, 5) is 15.7. The van der Waals surface area contributed by atoms with Crippen molar-refractivity contribution in [2.75, 3.05) is 23.1 Å². The molecule has 0 aromatic carbocycles. The van der Waals surface area contributed by atoms with Crippen molar-refractivity contribution in [3.05, 3.63) is 12.7 Å². The summed E-state index contributed by atoms with van der Waals surface area (Å²) in [5.74, 6) is 0.333. The van der Waals surface area contributed by atoms with Gasteiger partial charge in [-0.05, 0) is 6.92 Å². The van der Waals surface area contributed by atoms with Gasteiger partial charge < -0.3 is 11.1 Å². The molecule has 0 aliphatic carbocycles. The van der Waals surface area contributed by atoms with Crippen molar-refractivity contribution in [1.82, 2.24) is 29.7 Å². The Morgan fingerprint density at radius 1 is 1.40 bits per heavy atom. The Morgan fingerprint density at radius 2 is 2.15 bits per heavy atom. The number of hydrogen-bond acceptors (Lipinski definition) is 9. The molecular formula is C9H14N8O2S. The van der Waals surface area contributed by atoms with E-state index in [0.29, 0.717) is 0 Å². The first kappa shape index (κ1) is 14.1. The predicted molar refractivity (Wildman–Crippen MR) is 72.0 cm³/mol. The van der Waals surface area contributed by atoms with Crippen molar-refractivity contribution < 1.29 is 8.42 Å². The summed E-state index contributed by atoms with van der Waals surface area (Å²) < 4.78 is 23.7. The highest BCUT2D eigenvalue weighted by atomic mass is 32.2. The van der Waals surface area contributed by atoms with Crippen molar-refractivity contribution in [3.63, 3.8) is 0 Å². The van der Waals surface area contributed by atoms with Crippen molar-refractivity contribution in [2.45, 2.75) is 13.0 Å². The number of sulfone groups is 1. The summed E-state index contributed by atoms with van der Waals surface area (Å²) >= 11 is 0. The molecule has 2 aromatic rings. The first-order valence-corrected chi connectivity index (χ1v) is 7.70. The van der Waals surface area contributed by atoms with Crippen molar-refractivity contribution in [2.24, 2.45) is 0 Å². The summed E-state index contributed by atoms with van der Waals surface area (Å²) in [5.41, 5.74) is 5.59. The fourth-order valence-corrected chi connectivity index (χ4v) is 2.57. The van der Waals surface area contributed by atoms with Crippen molar-refractivity contribution in [1.29, 1.82) is 0 Å². The third-order valence-corrected chi connectivity index (χ3v) is 3.30. The molecule has 1 atom stereocenters. The van der Waals surface area contributed by atoms with Crippen molar-refractivity contribution >= 4 is 21.7 Å². The molecule has 1 unspecified atom stereocenters. The zero-order valence-corrected chi connectivity index (χ0v) is 11.7. The molecule has 0 fully saturated rings. The van der Waals surface area contributed by atoms with Crippen LogP contribution in [0.5, 0.6) is 0 Å². The van der Waals surface area contributed by atoms with E-state index in [0.717, 1.165) is 6.26 Å². The molecular weight excluding hydrogens is 284 g/mol. The lowest BCUT2D eigenvalue weighted by Gasteiger charge is -2.13. The van der Waals surface area contributed by atoms with Gasteiger partial charge in [0.15, 0.2) is 0 Å². The maximum atomic E-state index is 11.2. The van der Waals surface area contributed by atoms with Gasteiger partial charge in [0.05, 0.1) is 5.75 Å². The minimum absolute atomic E-state index is 0.000411. The standard InChI is InChI=1S/C9H14N8O2S/c1-6(3-20(2,18)19)13-8-14-7(10)15-9(16-8)17-5-11-4-12-17/h4-6H,3H2,1-2H3,(H3,10,13,14,15,16). The SMILES string of the molecule is CC(CS(C)(=O)=O)Nc1nc(N)nc(-n2cncn2)n1. The average Bonchev–Trinajstić information content (AvgIpc) is 2.78. The molecule has 0 radical (unpaired) electrons. The molecule has 2 heterocycles. The quantitative estimate of drug-likeness (QED) is 0.701. The largest absolute Gasteiger partial charge is 0.368 e. The highest BCUT2D eigenvalue weighted by Gasteiger charge is 2.13. The normalized spacial score (nSPS) is 13.1. The van der Waals surface area contributed by atoms with E-state index in [4.69, 9.17) is 5.73 Å². The van der Waals surface area contributed by atoms with Crippen LogP contribution in [0.2, 0.25) is 0 Å². The van der Waals surface area contributed by atoms with Crippen LogP contribution in [0.1, 0.15) is 6.92 Å². The highest BCUT2D eigenvalue weighted by molar-refractivity contribution is 7.90. The van der Waals surface area contributed by atoms with Crippen LogP contribution in [0, 0.1) is 0 Å². The average molecular weight is 298 g/mol. The van der Waals surface area contributed by atoms with Gasteiger partial charge in [-0.15, -0.1) is 0 Å². The van der Waals surface area contributed by atoms with Crippen LogP contribution in [0.15, 0.2) is 12.7 Å². The Balaban J connectivity index is 2.21. The molecule has 0 aliphatic rings. The molecule has 2 aromatic heterocycles. The molecule has 11 heteroatoms. The molecule has 108 valence electrons. The van der Waals surface area contributed by atoms with Gasteiger partial charge in [0.2, 0.25) is 11.9 Å². The van der Waals surface area contributed by atoms with E-state index >= 15 is 0 Å². The van der Waals surface area contributed by atoms with Crippen LogP contribution in [0.25, 0.3) is 5.95 Å². The minimum Gasteiger partial charge on any atom is -0.368 e. The lowest BCUT2D eigenvalue weighted by Crippen LogP contribution is -2.26. The Hall–Kier alpha value is -2.30. The van der Waals surface area contributed by atoms with Crippen molar-refractivity contribution in [3.8, 4) is 5.95 Å². The van der Waals surface area contributed by atoms with Crippen LogP contribution in [-0.4, -0.2) is 56.2 Å². The molecule has 0 bridgehead atoms. The molecule has 0 amide bonds. The van der Waals surface area contributed by atoms with Gasteiger partial charge >= 0.3 is 0 Å². The van der Waals surface area contributed by atoms with E-state index < -0.39 is 9.84 Å². The second-order valence-electron chi connectivity index (χ2n) is 4.30. The van der Waals surface area contributed by atoms with E-state index in [1.165, 1.54) is 17.3 Å². The number of nitrogens with two attached hydrogens (primary N) is 1. The Kier molecular flexibility index (Phi) is 3.79. The summed E-state index contributed by atoms with van der Waals surface area (Å²) in [6, 6.07) is -0.365. The molecule has 0 aliphatic heterocycles. The summed E-state index contributed by atoms with van der Waals surface area (Å²) in [5, 5.41) is 6.74. The monoisotopic (exact) mass is 298 g/mol. The molecule has 10 nitrogen and oxygen atoms in total. The smallest absolute Gasteiger partial charge is 0.258 e. The van der Waals surface area contributed by atoms with E-state index in [2.05, 4.69) is 30.4 Å². The van der Waals surface area contributed by atoms with E-state index in [-0.39, 0.29) is 29.6 Å². The summed E-state index contributed by atoms with van der Waals surface area (Å²) in [7, 11) is -3.10. The molecule has 2 rings (SSSR count). The van der Waals surface area contributed by atoms with Crippen LogP contribution in [0.3, 0.4) is 0 Å². The second kappa shape index (κ2) is 5.36. The first-order valence-electron chi connectivity index (χ1n) is 5.64.